The van der Waals surface area contributed by atoms with Crippen LogP contribution in [0.4, 0.5) is 4.39 Å². The van der Waals surface area contributed by atoms with Gasteiger partial charge in [-0.1, -0.05) is 18.7 Å². The molecule has 0 aromatic heterocycles. The number of benzene rings is 1. The zero-order valence-electron chi connectivity index (χ0n) is 10.4. The average molecular weight is 235 g/mol. The van der Waals surface area contributed by atoms with Crippen LogP contribution in [-0.4, -0.2) is 10.0 Å². The highest BCUT2D eigenvalue weighted by Crippen LogP contribution is 2.27. The van der Waals surface area contributed by atoms with Crippen molar-refractivity contribution in [2.24, 2.45) is 0 Å². The first kappa shape index (κ1) is 13.3. The summed E-state index contributed by atoms with van der Waals surface area (Å²) in [5.74, 6) is -0.926. The van der Waals surface area contributed by atoms with Crippen LogP contribution in [0.15, 0.2) is 42.8 Å². The van der Waals surface area contributed by atoms with Gasteiger partial charge in [0.05, 0.1) is 6.04 Å². The molecule has 17 heavy (non-hydrogen) atoms. The van der Waals surface area contributed by atoms with Gasteiger partial charge in [0.1, 0.15) is 0 Å². The normalized spacial score (nSPS) is 12.7. The molecule has 0 saturated heterocycles. The first-order valence-electron chi connectivity index (χ1n) is 5.52. The minimum Gasteiger partial charge on any atom is -0.505 e. The van der Waals surface area contributed by atoms with Crippen molar-refractivity contribution < 1.29 is 9.50 Å². The number of hydrogen-bond acceptors (Lipinski definition) is 2. The number of rotatable bonds is 4. The maximum atomic E-state index is 13.0. The van der Waals surface area contributed by atoms with Crippen molar-refractivity contribution in [2.75, 3.05) is 0 Å². The number of allylic oxidation sites excluding steroid dienone is 2. The highest BCUT2D eigenvalue weighted by atomic mass is 19.1. The number of phenolic OH excluding ortho intramolecular Hbond substituents is 1. The maximum Gasteiger partial charge on any atom is 0.164 e. The minimum atomic E-state index is -0.603. The van der Waals surface area contributed by atoms with Crippen molar-refractivity contribution in [3.05, 3.63) is 54.1 Å². The smallest absolute Gasteiger partial charge is 0.164 e. The Balaban J connectivity index is 3.04. The van der Waals surface area contributed by atoms with Crippen LogP contribution in [0, 0.1) is 5.82 Å². The summed E-state index contributed by atoms with van der Waals surface area (Å²) in [5, 5.41) is 9.37. The molecule has 2 nitrogen and oxygen atoms in total. The second-order valence-electron chi connectivity index (χ2n) is 4.01. The van der Waals surface area contributed by atoms with E-state index in [1.807, 2.05) is 37.9 Å². The number of halogens is 1. The summed E-state index contributed by atoms with van der Waals surface area (Å²) in [6, 6.07) is 4.38. The van der Waals surface area contributed by atoms with E-state index in [4.69, 9.17) is 0 Å². The quantitative estimate of drug-likeness (QED) is 0.853. The van der Waals surface area contributed by atoms with Crippen molar-refractivity contribution in [1.29, 1.82) is 0 Å². The third-order valence-electron chi connectivity index (χ3n) is 2.62. The number of hydrogen-bond donors (Lipinski definition) is 1. The highest BCUT2D eigenvalue weighted by Gasteiger charge is 2.14. The summed E-state index contributed by atoms with van der Waals surface area (Å²) in [6.07, 6.45) is 3.82. The van der Waals surface area contributed by atoms with Gasteiger partial charge in [-0.3, -0.25) is 0 Å². The summed E-state index contributed by atoms with van der Waals surface area (Å²) in [5.41, 5.74) is 1.73. The summed E-state index contributed by atoms with van der Waals surface area (Å²) in [7, 11) is 0. The third kappa shape index (κ3) is 3.09. The summed E-state index contributed by atoms with van der Waals surface area (Å²) >= 11 is 0. The van der Waals surface area contributed by atoms with Gasteiger partial charge in [-0.05, 0) is 38.5 Å². The molecule has 0 amide bonds. The predicted octanol–water partition coefficient (Wildman–Crippen LogP) is 3.96. The first-order valence-corrected chi connectivity index (χ1v) is 5.52. The first-order chi connectivity index (χ1) is 7.97. The molecule has 0 heterocycles. The molecular weight excluding hydrogens is 217 g/mol. The van der Waals surface area contributed by atoms with Gasteiger partial charge < -0.3 is 10.0 Å². The van der Waals surface area contributed by atoms with Crippen molar-refractivity contribution in [1.82, 2.24) is 4.90 Å². The van der Waals surface area contributed by atoms with Gasteiger partial charge in [0.25, 0.3) is 0 Å². The molecule has 1 aromatic carbocycles. The van der Waals surface area contributed by atoms with Crippen LogP contribution in [0.1, 0.15) is 32.4 Å². The lowest BCUT2D eigenvalue weighted by Crippen LogP contribution is -2.18. The summed E-state index contributed by atoms with van der Waals surface area (Å²) in [4.78, 5) is 1.96. The molecule has 1 N–H and O–H groups in total. The SMILES string of the molecule is C=C(C)N(/C=C\C)C(C)c1ccc(F)c(O)c1. The number of nitrogens with zero attached hydrogens (tertiary/aromatic N) is 1. The Hall–Kier alpha value is -1.77. The Labute approximate surface area is 102 Å². The Bertz CT molecular complexity index is 440. The van der Waals surface area contributed by atoms with Crippen molar-refractivity contribution in [3.63, 3.8) is 0 Å². The number of phenols is 1. The van der Waals surface area contributed by atoms with Crippen LogP contribution >= 0.6 is 0 Å². The molecule has 0 saturated carbocycles. The fourth-order valence-corrected chi connectivity index (χ4v) is 1.70. The Morgan fingerprint density at radius 3 is 2.65 bits per heavy atom. The van der Waals surface area contributed by atoms with Gasteiger partial charge >= 0.3 is 0 Å². The topological polar surface area (TPSA) is 23.5 Å². The summed E-state index contributed by atoms with van der Waals surface area (Å²) in [6.45, 7) is 9.70. The van der Waals surface area contributed by atoms with Crippen molar-refractivity contribution in [3.8, 4) is 5.75 Å². The fourth-order valence-electron chi connectivity index (χ4n) is 1.70. The van der Waals surface area contributed by atoms with Crippen molar-refractivity contribution in [2.45, 2.75) is 26.8 Å². The van der Waals surface area contributed by atoms with Gasteiger partial charge in [0.15, 0.2) is 11.6 Å². The number of aromatic hydroxyl groups is 1. The molecule has 0 radical (unpaired) electrons. The summed E-state index contributed by atoms with van der Waals surface area (Å²) < 4.78 is 13.0. The molecule has 3 heteroatoms. The molecule has 92 valence electrons. The van der Waals surface area contributed by atoms with Crippen LogP contribution in [0.2, 0.25) is 0 Å². The minimum absolute atomic E-state index is 0.00444. The van der Waals surface area contributed by atoms with Gasteiger partial charge in [-0.2, -0.15) is 0 Å². The van der Waals surface area contributed by atoms with E-state index in [1.165, 1.54) is 12.1 Å². The lowest BCUT2D eigenvalue weighted by molar-refractivity contribution is 0.367. The molecule has 0 spiro atoms. The second-order valence-corrected chi connectivity index (χ2v) is 4.01. The lowest BCUT2D eigenvalue weighted by Gasteiger charge is -2.28. The van der Waals surface area contributed by atoms with Crippen LogP contribution in [0.5, 0.6) is 5.75 Å². The molecular formula is C14H18FNO. The monoisotopic (exact) mass is 235 g/mol. The molecule has 0 aliphatic rings. The third-order valence-corrected chi connectivity index (χ3v) is 2.62. The van der Waals surface area contributed by atoms with E-state index < -0.39 is 5.82 Å². The van der Waals surface area contributed by atoms with E-state index in [0.717, 1.165) is 11.3 Å². The molecule has 1 atom stereocenters. The average Bonchev–Trinajstić information content (AvgIpc) is 2.28. The molecule has 0 fully saturated rings. The molecule has 0 aliphatic carbocycles. The van der Waals surface area contributed by atoms with Gasteiger partial charge in [-0.15, -0.1) is 0 Å². The molecule has 1 aromatic rings. The maximum absolute atomic E-state index is 13.0. The standard InChI is InChI=1S/C14H18FNO/c1-5-8-16(10(2)3)11(4)12-6-7-13(15)14(17)9-12/h5-9,11,17H,2H2,1,3-4H3/b8-5-. The molecule has 1 rings (SSSR count). The highest BCUT2D eigenvalue weighted by molar-refractivity contribution is 5.31. The van der Waals surface area contributed by atoms with E-state index in [2.05, 4.69) is 6.58 Å². The van der Waals surface area contributed by atoms with E-state index in [0.29, 0.717) is 0 Å². The predicted molar refractivity (Wildman–Crippen MR) is 67.9 cm³/mol. The van der Waals surface area contributed by atoms with E-state index in [1.54, 1.807) is 6.07 Å². The molecule has 0 aliphatic heterocycles. The zero-order chi connectivity index (χ0) is 13.0. The van der Waals surface area contributed by atoms with Crippen molar-refractivity contribution >= 4 is 0 Å². The molecule has 0 bridgehead atoms. The van der Waals surface area contributed by atoms with Gasteiger partial charge in [-0.25, -0.2) is 4.39 Å². The van der Waals surface area contributed by atoms with Crippen LogP contribution in [0.25, 0.3) is 0 Å². The fraction of sp³-hybridized carbons (Fsp3) is 0.286. The lowest BCUT2D eigenvalue weighted by atomic mass is 10.1. The van der Waals surface area contributed by atoms with Crippen LogP contribution in [0.3, 0.4) is 0 Å². The second kappa shape index (κ2) is 5.53. The zero-order valence-corrected chi connectivity index (χ0v) is 10.4. The van der Waals surface area contributed by atoms with Gasteiger partial charge in [0, 0.05) is 11.9 Å². The Kier molecular flexibility index (Phi) is 4.32. The largest absolute Gasteiger partial charge is 0.505 e. The Morgan fingerprint density at radius 1 is 1.53 bits per heavy atom. The molecule has 1 unspecified atom stereocenters. The Morgan fingerprint density at radius 2 is 2.18 bits per heavy atom. The van der Waals surface area contributed by atoms with E-state index in [-0.39, 0.29) is 11.8 Å². The van der Waals surface area contributed by atoms with Crippen LogP contribution < -0.4 is 0 Å². The van der Waals surface area contributed by atoms with E-state index >= 15 is 0 Å². The van der Waals surface area contributed by atoms with E-state index in [9.17, 15) is 9.50 Å². The van der Waals surface area contributed by atoms with Gasteiger partial charge in [0.2, 0.25) is 0 Å². The van der Waals surface area contributed by atoms with Crippen LogP contribution in [-0.2, 0) is 0 Å².